The highest BCUT2D eigenvalue weighted by Gasteiger charge is 2.31. The first-order valence-corrected chi connectivity index (χ1v) is 6.55. The number of amides is 1. The van der Waals surface area contributed by atoms with E-state index < -0.39 is 12.2 Å². The van der Waals surface area contributed by atoms with E-state index in [1.165, 1.54) is 0 Å². The van der Waals surface area contributed by atoms with Gasteiger partial charge >= 0.3 is 0 Å². The highest BCUT2D eigenvalue weighted by atomic mass is 16.3. The Kier molecular flexibility index (Phi) is 4.52. The van der Waals surface area contributed by atoms with Gasteiger partial charge in [-0.05, 0) is 17.5 Å². The lowest BCUT2D eigenvalue weighted by atomic mass is 10.1. The maximum absolute atomic E-state index is 11.8. The third kappa shape index (κ3) is 3.32. The molecule has 1 aromatic carbocycles. The number of hydrogen-bond acceptors (Lipinski definition) is 4. The summed E-state index contributed by atoms with van der Waals surface area (Å²) in [5.74, 6) is -0.173. The molecule has 2 rings (SSSR count). The zero-order chi connectivity index (χ0) is 13.8. The van der Waals surface area contributed by atoms with Crippen LogP contribution in [0.2, 0.25) is 0 Å². The van der Waals surface area contributed by atoms with Crippen LogP contribution in [0.15, 0.2) is 24.3 Å². The van der Waals surface area contributed by atoms with Gasteiger partial charge in [-0.15, -0.1) is 0 Å². The first-order valence-electron chi connectivity index (χ1n) is 6.55. The van der Waals surface area contributed by atoms with Crippen LogP contribution < -0.4 is 11.1 Å². The lowest BCUT2D eigenvalue weighted by Crippen LogP contribution is -2.34. The Labute approximate surface area is 112 Å². The van der Waals surface area contributed by atoms with Crippen molar-refractivity contribution in [1.29, 1.82) is 0 Å². The number of nitrogens with two attached hydrogens (primary N) is 1. The number of benzene rings is 1. The molecule has 5 nitrogen and oxygen atoms in total. The van der Waals surface area contributed by atoms with Crippen LogP contribution in [0.4, 0.5) is 0 Å². The minimum atomic E-state index is -0.647. The standard InChI is InChI=1S/C14H20N2O3/c15-8-10(17)5-6-13(19)16-14-11-4-2-1-3-9(11)7-12(14)18/h1-4,10,12,14,17-18H,5-8,15H2,(H,16,19)/t10-,12+,14-/m0/s1. The van der Waals surface area contributed by atoms with E-state index in [0.717, 1.165) is 11.1 Å². The molecule has 0 radical (unpaired) electrons. The van der Waals surface area contributed by atoms with Gasteiger partial charge < -0.3 is 21.3 Å². The second-order valence-electron chi connectivity index (χ2n) is 4.94. The van der Waals surface area contributed by atoms with Crippen LogP contribution in [0.25, 0.3) is 0 Å². The molecule has 0 bridgehead atoms. The summed E-state index contributed by atoms with van der Waals surface area (Å²) in [7, 11) is 0. The van der Waals surface area contributed by atoms with Gasteiger partial charge in [0.1, 0.15) is 0 Å². The highest BCUT2D eigenvalue weighted by Crippen LogP contribution is 2.31. The van der Waals surface area contributed by atoms with Gasteiger partial charge in [0, 0.05) is 19.4 Å². The molecule has 0 unspecified atom stereocenters. The van der Waals surface area contributed by atoms with Gasteiger partial charge in [-0.1, -0.05) is 24.3 Å². The maximum atomic E-state index is 11.8. The summed E-state index contributed by atoms with van der Waals surface area (Å²) < 4.78 is 0. The van der Waals surface area contributed by atoms with Crippen LogP contribution in [0.1, 0.15) is 30.0 Å². The molecule has 0 aliphatic heterocycles. The number of carbonyl (C=O) groups is 1. The van der Waals surface area contributed by atoms with Crippen molar-refractivity contribution in [2.45, 2.75) is 37.5 Å². The summed E-state index contributed by atoms with van der Waals surface area (Å²) in [5.41, 5.74) is 7.33. The molecule has 0 spiro atoms. The van der Waals surface area contributed by atoms with E-state index in [9.17, 15) is 15.0 Å². The molecule has 19 heavy (non-hydrogen) atoms. The fourth-order valence-corrected chi connectivity index (χ4v) is 2.41. The molecule has 1 amide bonds. The molecule has 3 atom stereocenters. The van der Waals surface area contributed by atoms with Gasteiger partial charge in [0.05, 0.1) is 18.2 Å². The highest BCUT2D eigenvalue weighted by molar-refractivity contribution is 5.76. The summed E-state index contributed by atoms with van der Waals surface area (Å²) in [6.07, 6.45) is -0.115. The fourth-order valence-electron chi connectivity index (χ4n) is 2.41. The average Bonchev–Trinajstić information content (AvgIpc) is 2.72. The third-order valence-corrected chi connectivity index (χ3v) is 3.50. The quantitative estimate of drug-likeness (QED) is 0.595. The Morgan fingerprint density at radius 2 is 2.21 bits per heavy atom. The summed E-state index contributed by atoms with van der Waals surface area (Å²) in [5, 5.41) is 22.1. The number of hydrogen-bond donors (Lipinski definition) is 4. The maximum Gasteiger partial charge on any atom is 0.220 e. The van der Waals surface area contributed by atoms with E-state index in [-0.39, 0.29) is 24.9 Å². The van der Waals surface area contributed by atoms with Crippen LogP contribution >= 0.6 is 0 Å². The number of nitrogens with one attached hydrogen (secondary N) is 1. The van der Waals surface area contributed by atoms with Crippen LogP contribution in [0, 0.1) is 0 Å². The molecule has 0 heterocycles. The Hall–Kier alpha value is -1.43. The zero-order valence-electron chi connectivity index (χ0n) is 10.7. The van der Waals surface area contributed by atoms with E-state index in [2.05, 4.69) is 5.32 Å². The van der Waals surface area contributed by atoms with Crippen molar-refractivity contribution in [3.63, 3.8) is 0 Å². The molecule has 5 N–H and O–H groups in total. The molecule has 0 aromatic heterocycles. The molecule has 0 saturated heterocycles. The smallest absolute Gasteiger partial charge is 0.220 e. The van der Waals surface area contributed by atoms with Crippen LogP contribution in [0.5, 0.6) is 0 Å². The van der Waals surface area contributed by atoms with E-state index in [4.69, 9.17) is 5.73 Å². The van der Waals surface area contributed by atoms with Gasteiger partial charge in [-0.3, -0.25) is 4.79 Å². The summed E-state index contributed by atoms with van der Waals surface area (Å²) in [4.78, 5) is 11.8. The van der Waals surface area contributed by atoms with Gasteiger partial charge in [-0.2, -0.15) is 0 Å². The Morgan fingerprint density at radius 3 is 2.95 bits per heavy atom. The Morgan fingerprint density at radius 1 is 1.47 bits per heavy atom. The Balaban J connectivity index is 1.94. The number of rotatable bonds is 5. The SMILES string of the molecule is NC[C@@H](O)CCC(=O)N[C@H]1c2ccccc2C[C@H]1O. The lowest BCUT2D eigenvalue weighted by Gasteiger charge is -2.18. The molecule has 1 aromatic rings. The van der Waals surface area contributed by atoms with Crippen LogP contribution in [0.3, 0.4) is 0 Å². The van der Waals surface area contributed by atoms with E-state index in [1.807, 2.05) is 24.3 Å². The van der Waals surface area contributed by atoms with Gasteiger partial charge in [0.25, 0.3) is 0 Å². The molecule has 104 valence electrons. The summed E-state index contributed by atoms with van der Waals surface area (Å²) >= 11 is 0. The van der Waals surface area contributed by atoms with Crippen LogP contribution in [-0.2, 0) is 11.2 Å². The lowest BCUT2D eigenvalue weighted by molar-refractivity contribution is -0.123. The third-order valence-electron chi connectivity index (χ3n) is 3.50. The molecule has 1 aliphatic rings. The van der Waals surface area contributed by atoms with Gasteiger partial charge in [0.15, 0.2) is 0 Å². The molecule has 1 aliphatic carbocycles. The second kappa shape index (κ2) is 6.14. The normalized spacial score (nSPS) is 22.9. The van der Waals surface area contributed by atoms with Crippen molar-refractivity contribution >= 4 is 5.91 Å². The van der Waals surface area contributed by atoms with Gasteiger partial charge in [-0.25, -0.2) is 0 Å². The monoisotopic (exact) mass is 264 g/mol. The first kappa shape index (κ1) is 14.0. The Bertz CT molecular complexity index is 450. The minimum Gasteiger partial charge on any atom is -0.392 e. The topological polar surface area (TPSA) is 95.6 Å². The zero-order valence-corrected chi connectivity index (χ0v) is 10.7. The molecular weight excluding hydrogens is 244 g/mol. The van der Waals surface area contributed by atoms with Crippen molar-refractivity contribution in [3.05, 3.63) is 35.4 Å². The average molecular weight is 264 g/mol. The van der Waals surface area contributed by atoms with Crippen molar-refractivity contribution < 1.29 is 15.0 Å². The number of carbonyl (C=O) groups excluding carboxylic acids is 1. The number of aliphatic hydroxyl groups is 2. The molecule has 0 fully saturated rings. The van der Waals surface area contributed by atoms with Crippen molar-refractivity contribution in [1.82, 2.24) is 5.32 Å². The molecule has 5 heteroatoms. The van der Waals surface area contributed by atoms with E-state index >= 15 is 0 Å². The largest absolute Gasteiger partial charge is 0.392 e. The van der Waals surface area contributed by atoms with Gasteiger partial charge in [0.2, 0.25) is 5.91 Å². The van der Waals surface area contributed by atoms with Crippen LogP contribution in [-0.4, -0.2) is 34.9 Å². The number of fused-ring (bicyclic) bond motifs is 1. The van der Waals surface area contributed by atoms with E-state index in [0.29, 0.717) is 12.8 Å². The van der Waals surface area contributed by atoms with E-state index in [1.54, 1.807) is 0 Å². The predicted molar refractivity (Wildman–Crippen MR) is 71.3 cm³/mol. The summed E-state index contributed by atoms with van der Waals surface area (Å²) in [6.45, 7) is 0.155. The van der Waals surface area contributed by atoms with Crippen molar-refractivity contribution in [3.8, 4) is 0 Å². The van der Waals surface area contributed by atoms with Crippen molar-refractivity contribution in [2.75, 3.05) is 6.54 Å². The molecule has 0 saturated carbocycles. The number of aliphatic hydroxyl groups excluding tert-OH is 2. The molecular formula is C14H20N2O3. The van der Waals surface area contributed by atoms with Crippen molar-refractivity contribution in [2.24, 2.45) is 5.73 Å². The fraction of sp³-hybridized carbons (Fsp3) is 0.500. The first-order chi connectivity index (χ1) is 9.11. The summed E-state index contributed by atoms with van der Waals surface area (Å²) in [6, 6.07) is 7.36. The minimum absolute atomic E-state index is 0.155. The second-order valence-corrected chi connectivity index (χ2v) is 4.94. The predicted octanol–water partition coefficient (Wildman–Crippen LogP) is -0.139.